The smallest absolute Gasteiger partial charge is 0.320 e. The molecule has 0 amide bonds. The molecular formula is C7H15NO2S. The van der Waals surface area contributed by atoms with E-state index < -0.39 is 12.0 Å². The van der Waals surface area contributed by atoms with Gasteiger partial charge in [0.25, 0.3) is 0 Å². The SMILES string of the molecule is CSCCCNC(C)C(=O)O. The Morgan fingerprint density at radius 2 is 2.36 bits per heavy atom. The van der Waals surface area contributed by atoms with Gasteiger partial charge in [-0.25, -0.2) is 0 Å². The third kappa shape index (κ3) is 6.19. The predicted molar refractivity (Wildman–Crippen MR) is 48.1 cm³/mol. The van der Waals surface area contributed by atoms with Gasteiger partial charge in [0.1, 0.15) is 6.04 Å². The summed E-state index contributed by atoms with van der Waals surface area (Å²) in [6.07, 6.45) is 3.07. The van der Waals surface area contributed by atoms with Crippen LogP contribution in [0, 0.1) is 0 Å². The summed E-state index contributed by atoms with van der Waals surface area (Å²) in [5.41, 5.74) is 0. The molecule has 4 heteroatoms. The molecule has 0 rings (SSSR count). The third-order valence-corrected chi connectivity index (χ3v) is 2.04. The average molecular weight is 177 g/mol. The van der Waals surface area contributed by atoms with Gasteiger partial charge in [0.2, 0.25) is 0 Å². The molecule has 66 valence electrons. The number of aliphatic carboxylic acids is 1. The van der Waals surface area contributed by atoms with Gasteiger partial charge in [-0.05, 0) is 31.9 Å². The van der Waals surface area contributed by atoms with Gasteiger partial charge in [0, 0.05) is 0 Å². The summed E-state index contributed by atoms with van der Waals surface area (Å²) in [5, 5.41) is 11.4. The van der Waals surface area contributed by atoms with E-state index in [1.54, 1.807) is 18.7 Å². The summed E-state index contributed by atoms with van der Waals surface area (Å²) in [5.74, 6) is 0.299. The average Bonchev–Trinajstić information content (AvgIpc) is 1.97. The lowest BCUT2D eigenvalue weighted by atomic mass is 10.3. The zero-order chi connectivity index (χ0) is 8.69. The van der Waals surface area contributed by atoms with Crippen molar-refractivity contribution in [1.82, 2.24) is 5.32 Å². The number of thioether (sulfide) groups is 1. The Morgan fingerprint density at radius 1 is 1.73 bits per heavy atom. The Kier molecular flexibility index (Phi) is 6.36. The summed E-state index contributed by atoms with van der Waals surface area (Å²) in [4.78, 5) is 10.3. The van der Waals surface area contributed by atoms with E-state index in [4.69, 9.17) is 5.11 Å². The molecular weight excluding hydrogens is 162 g/mol. The number of hydrogen-bond donors (Lipinski definition) is 2. The van der Waals surface area contributed by atoms with E-state index in [-0.39, 0.29) is 0 Å². The lowest BCUT2D eigenvalue weighted by Crippen LogP contribution is -2.34. The van der Waals surface area contributed by atoms with E-state index in [9.17, 15) is 4.79 Å². The molecule has 11 heavy (non-hydrogen) atoms. The Labute approximate surface area is 71.6 Å². The first-order chi connectivity index (χ1) is 5.18. The van der Waals surface area contributed by atoms with Crippen molar-refractivity contribution in [3.05, 3.63) is 0 Å². The highest BCUT2D eigenvalue weighted by molar-refractivity contribution is 7.98. The molecule has 0 fully saturated rings. The summed E-state index contributed by atoms with van der Waals surface area (Å²) in [6.45, 7) is 2.44. The third-order valence-electron chi connectivity index (χ3n) is 1.35. The number of nitrogens with one attached hydrogen (secondary N) is 1. The van der Waals surface area contributed by atoms with Crippen LogP contribution in [0.3, 0.4) is 0 Å². The Balaban J connectivity index is 3.17. The van der Waals surface area contributed by atoms with Crippen LogP contribution in [0.25, 0.3) is 0 Å². The van der Waals surface area contributed by atoms with Gasteiger partial charge < -0.3 is 10.4 Å². The molecule has 0 radical (unpaired) electrons. The molecule has 0 aliphatic heterocycles. The minimum Gasteiger partial charge on any atom is -0.480 e. The monoisotopic (exact) mass is 177 g/mol. The number of rotatable bonds is 6. The molecule has 0 saturated carbocycles. The highest BCUT2D eigenvalue weighted by atomic mass is 32.2. The number of carboxylic acids is 1. The molecule has 0 aromatic carbocycles. The zero-order valence-electron chi connectivity index (χ0n) is 6.96. The summed E-state index contributed by atoms with van der Waals surface area (Å²) < 4.78 is 0. The first kappa shape index (κ1) is 10.8. The molecule has 0 bridgehead atoms. The Morgan fingerprint density at radius 3 is 2.82 bits per heavy atom. The van der Waals surface area contributed by atoms with E-state index in [0.29, 0.717) is 0 Å². The second-order valence-electron chi connectivity index (χ2n) is 2.36. The van der Waals surface area contributed by atoms with Crippen molar-refractivity contribution in [2.75, 3.05) is 18.6 Å². The van der Waals surface area contributed by atoms with Crippen LogP contribution in [0.2, 0.25) is 0 Å². The lowest BCUT2D eigenvalue weighted by Gasteiger charge is -2.07. The van der Waals surface area contributed by atoms with Crippen LogP contribution in [0.15, 0.2) is 0 Å². The molecule has 3 nitrogen and oxygen atoms in total. The van der Waals surface area contributed by atoms with Crippen LogP contribution in [0.5, 0.6) is 0 Å². The molecule has 1 atom stereocenters. The minimum atomic E-state index is -0.783. The highest BCUT2D eigenvalue weighted by Gasteiger charge is 2.07. The number of carboxylic acid groups (broad SMARTS) is 1. The molecule has 0 aromatic rings. The topological polar surface area (TPSA) is 49.3 Å². The van der Waals surface area contributed by atoms with Gasteiger partial charge in [-0.2, -0.15) is 11.8 Å². The van der Waals surface area contributed by atoms with E-state index >= 15 is 0 Å². The molecule has 0 aliphatic carbocycles. The van der Waals surface area contributed by atoms with Crippen molar-refractivity contribution in [3.63, 3.8) is 0 Å². The second-order valence-corrected chi connectivity index (χ2v) is 3.35. The molecule has 0 aliphatic rings. The van der Waals surface area contributed by atoms with Crippen LogP contribution in [-0.4, -0.2) is 35.7 Å². The fraction of sp³-hybridized carbons (Fsp3) is 0.857. The van der Waals surface area contributed by atoms with E-state index in [1.807, 2.05) is 6.26 Å². The molecule has 0 heterocycles. The Bertz CT molecular complexity index is 119. The first-order valence-corrected chi connectivity index (χ1v) is 5.03. The maximum absolute atomic E-state index is 10.3. The second kappa shape index (κ2) is 6.49. The maximum atomic E-state index is 10.3. The summed E-state index contributed by atoms with van der Waals surface area (Å²) in [7, 11) is 0. The summed E-state index contributed by atoms with van der Waals surface area (Å²) in [6, 6.07) is -0.420. The summed E-state index contributed by atoms with van der Waals surface area (Å²) >= 11 is 1.77. The lowest BCUT2D eigenvalue weighted by molar-refractivity contribution is -0.138. The fourth-order valence-electron chi connectivity index (χ4n) is 0.622. The van der Waals surface area contributed by atoms with Crippen LogP contribution in [-0.2, 0) is 4.79 Å². The first-order valence-electron chi connectivity index (χ1n) is 3.63. The van der Waals surface area contributed by atoms with E-state index in [0.717, 1.165) is 18.7 Å². The quantitative estimate of drug-likeness (QED) is 0.589. The van der Waals surface area contributed by atoms with Crippen molar-refractivity contribution in [2.45, 2.75) is 19.4 Å². The van der Waals surface area contributed by atoms with Crippen molar-refractivity contribution >= 4 is 17.7 Å². The van der Waals surface area contributed by atoms with Crippen molar-refractivity contribution in [1.29, 1.82) is 0 Å². The van der Waals surface area contributed by atoms with Crippen LogP contribution in [0.4, 0.5) is 0 Å². The Hall–Kier alpha value is -0.220. The van der Waals surface area contributed by atoms with Gasteiger partial charge in [-0.1, -0.05) is 0 Å². The largest absolute Gasteiger partial charge is 0.480 e. The number of hydrogen-bond acceptors (Lipinski definition) is 3. The van der Waals surface area contributed by atoms with Gasteiger partial charge in [-0.3, -0.25) is 4.79 Å². The van der Waals surface area contributed by atoms with Gasteiger partial charge >= 0.3 is 5.97 Å². The van der Waals surface area contributed by atoms with E-state index in [1.165, 1.54) is 0 Å². The van der Waals surface area contributed by atoms with Crippen molar-refractivity contribution in [3.8, 4) is 0 Å². The molecule has 0 saturated heterocycles. The molecule has 0 spiro atoms. The normalized spacial score (nSPS) is 12.9. The maximum Gasteiger partial charge on any atom is 0.320 e. The minimum absolute atomic E-state index is 0.420. The van der Waals surface area contributed by atoms with Gasteiger partial charge in [0.05, 0.1) is 0 Å². The van der Waals surface area contributed by atoms with Gasteiger partial charge in [-0.15, -0.1) is 0 Å². The van der Waals surface area contributed by atoms with E-state index in [2.05, 4.69) is 5.32 Å². The number of carbonyl (C=O) groups is 1. The highest BCUT2D eigenvalue weighted by Crippen LogP contribution is 1.93. The van der Waals surface area contributed by atoms with Crippen molar-refractivity contribution in [2.24, 2.45) is 0 Å². The molecule has 2 N–H and O–H groups in total. The van der Waals surface area contributed by atoms with Crippen molar-refractivity contribution < 1.29 is 9.90 Å². The zero-order valence-corrected chi connectivity index (χ0v) is 7.78. The molecule has 0 aromatic heterocycles. The fourth-order valence-corrected chi connectivity index (χ4v) is 1.06. The molecule has 1 unspecified atom stereocenters. The van der Waals surface area contributed by atoms with Crippen LogP contribution < -0.4 is 5.32 Å². The van der Waals surface area contributed by atoms with Gasteiger partial charge in [0.15, 0.2) is 0 Å². The predicted octanol–water partition coefficient (Wildman–Crippen LogP) is 0.802. The van der Waals surface area contributed by atoms with Crippen LogP contribution >= 0.6 is 11.8 Å². The van der Waals surface area contributed by atoms with Crippen LogP contribution in [0.1, 0.15) is 13.3 Å². The standard InChI is InChI=1S/C7H15NO2S/c1-6(7(9)10)8-4-3-5-11-2/h6,8H,3-5H2,1-2H3,(H,9,10).